The third-order valence-corrected chi connectivity index (χ3v) is 6.72. The Kier molecular flexibility index (Phi) is 5.91. The number of hydrogen-bond acceptors (Lipinski definition) is 6. The molecule has 8 heteroatoms. The molecule has 1 fully saturated rings. The first-order valence-corrected chi connectivity index (χ1v) is 11.5. The summed E-state index contributed by atoms with van der Waals surface area (Å²) in [5, 5.41) is 0. The van der Waals surface area contributed by atoms with Crippen molar-refractivity contribution in [2.45, 2.75) is 56.1 Å². The standard InChI is InChI=1S/C21H26N2O5S/c1-15-3-10-21(22-14-15)28-17-6-4-16(5-7-17)23-29(24,25)18-8-9-19-20(13-18)27-12-2-11-26-19/h3,8-10,13-14,16-17,23H,2,4-7,11-12H2,1H3. The zero-order valence-electron chi connectivity index (χ0n) is 16.5. The van der Waals surface area contributed by atoms with Crippen molar-refractivity contribution in [3.05, 3.63) is 42.1 Å². The second-order valence-electron chi connectivity index (χ2n) is 7.55. The van der Waals surface area contributed by atoms with Gasteiger partial charge in [-0.25, -0.2) is 18.1 Å². The van der Waals surface area contributed by atoms with E-state index in [0.717, 1.165) is 37.7 Å². The summed E-state index contributed by atoms with van der Waals surface area (Å²) in [5.41, 5.74) is 1.09. The highest BCUT2D eigenvalue weighted by Crippen LogP contribution is 2.32. The van der Waals surface area contributed by atoms with E-state index < -0.39 is 10.0 Å². The number of ether oxygens (including phenoxy) is 3. The van der Waals surface area contributed by atoms with Crippen LogP contribution in [0.5, 0.6) is 17.4 Å². The minimum atomic E-state index is -3.63. The Balaban J connectivity index is 1.35. The van der Waals surface area contributed by atoms with E-state index in [2.05, 4.69) is 9.71 Å². The van der Waals surface area contributed by atoms with Gasteiger partial charge in [0.1, 0.15) is 6.10 Å². The predicted molar refractivity (Wildman–Crippen MR) is 108 cm³/mol. The van der Waals surface area contributed by atoms with Gasteiger partial charge in [0.2, 0.25) is 15.9 Å². The first kappa shape index (κ1) is 20.0. The van der Waals surface area contributed by atoms with Crippen LogP contribution in [0.4, 0.5) is 0 Å². The quantitative estimate of drug-likeness (QED) is 0.802. The zero-order chi connectivity index (χ0) is 20.3. The van der Waals surface area contributed by atoms with Crippen molar-refractivity contribution in [1.82, 2.24) is 9.71 Å². The van der Waals surface area contributed by atoms with Crippen molar-refractivity contribution in [2.75, 3.05) is 13.2 Å². The molecule has 0 radical (unpaired) electrons. The van der Waals surface area contributed by atoms with Crippen molar-refractivity contribution >= 4 is 10.0 Å². The van der Waals surface area contributed by atoms with E-state index in [1.165, 1.54) is 0 Å². The predicted octanol–water partition coefficient (Wildman–Crippen LogP) is 3.22. The van der Waals surface area contributed by atoms with Crippen LogP contribution < -0.4 is 18.9 Å². The molecule has 1 aliphatic heterocycles. The summed E-state index contributed by atoms with van der Waals surface area (Å²) in [4.78, 5) is 4.47. The fraction of sp³-hybridized carbons (Fsp3) is 0.476. The summed E-state index contributed by atoms with van der Waals surface area (Å²) >= 11 is 0. The molecule has 1 aromatic carbocycles. The van der Waals surface area contributed by atoms with Gasteiger partial charge in [-0.1, -0.05) is 6.07 Å². The lowest BCUT2D eigenvalue weighted by Crippen LogP contribution is -2.39. The molecule has 2 aromatic rings. The van der Waals surface area contributed by atoms with E-state index >= 15 is 0 Å². The molecule has 7 nitrogen and oxygen atoms in total. The number of aryl methyl sites for hydroxylation is 1. The first-order valence-electron chi connectivity index (χ1n) is 10.0. The van der Waals surface area contributed by atoms with Crippen molar-refractivity contribution in [3.63, 3.8) is 0 Å². The minimum Gasteiger partial charge on any atom is -0.490 e. The molecule has 2 aliphatic rings. The maximum atomic E-state index is 12.8. The molecule has 4 rings (SSSR count). The van der Waals surface area contributed by atoms with Gasteiger partial charge in [-0.05, 0) is 50.3 Å². The van der Waals surface area contributed by atoms with Crippen LogP contribution in [0.15, 0.2) is 41.4 Å². The second kappa shape index (κ2) is 8.59. The highest BCUT2D eigenvalue weighted by Gasteiger charge is 2.27. The number of sulfonamides is 1. The van der Waals surface area contributed by atoms with Crippen molar-refractivity contribution in [3.8, 4) is 17.4 Å². The molecular formula is C21H26N2O5S. The smallest absolute Gasteiger partial charge is 0.240 e. The van der Waals surface area contributed by atoms with E-state index in [9.17, 15) is 8.42 Å². The maximum absolute atomic E-state index is 12.8. The molecule has 156 valence electrons. The minimum absolute atomic E-state index is 0.0593. The van der Waals surface area contributed by atoms with Gasteiger partial charge in [-0.15, -0.1) is 0 Å². The second-order valence-corrected chi connectivity index (χ2v) is 9.26. The lowest BCUT2D eigenvalue weighted by Gasteiger charge is -2.29. The molecular weight excluding hydrogens is 392 g/mol. The fourth-order valence-electron chi connectivity index (χ4n) is 3.59. The average Bonchev–Trinajstić information content (AvgIpc) is 2.96. The molecule has 0 unspecified atom stereocenters. The summed E-state index contributed by atoms with van der Waals surface area (Å²) in [5.74, 6) is 1.68. The topological polar surface area (TPSA) is 86.8 Å². The molecule has 1 aliphatic carbocycles. The van der Waals surface area contributed by atoms with E-state index in [1.807, 2.05) is 19.1 Å². The van der Waals surface area contributed by atoms with Gasteiger partial charge in [0.25, 0.3) is 0 Å². The zero-order valence-corrected chi connectivity index (χ0v) is 17.3. The molecule has 0 saturated heterocycles. The van der Waals surface area contributed by atoms with Crippen molar-refractivity contribution in [1.29, 1.82) is 0 Å². The number of hydrogen-bond donors (Lipinski definition) is 1. The summed E-state index contributed by atoms with van der Waals surface area (Å²) < 4.78 is 45.6. The Hall–Kier alpha value is -2.32. The fourth-order valence-corrected chi connectivity index (χ4v) is 4.91. The largest absolute Gasteiger partial charge is 0.490 e. The number of nitrogens with zero attached hydrogens (tertiary/aromatic N) is 1. The van der Waals surface area contributed by atoms with Crippen molar-refractivity contribution in [2.24, 2.45) is 0 Å². The molecule has 1 saturated carbocycles. The third-order valence-electron chi connectivity index (χ3n) is 5.20. The van der Waals surface area contributed by atoms with E-state index in [-0.39, 0.29) is 17.0 Å². The first-order chi connectivity index (χ1) is 14.0. The molecule has 1 N–H and O–H groups in total. The number of rotatable bonds is 5. The van der Waals surface area contributed by atoms with Gasteiger partial charge in [0.05, 0.1) is 18.1 Å². The monoisotopic (exact) mass is 418 g/mol. The SMILES string of the molecule is Cc1ccc(OC2CCC(NS(=O)(=O)c3ccc4c(c3)OCCCO4)CC2)nc1. The number of nitrogens with one attached hydrogen (secondary N) is 1. The number of fused-ring (bicyclic) bond motifs is 1. The average molecular weight is 419 g/mol. The van der Waals surface area contributed by atoms with Gasteiger partial charge >= 0.3 is 0 Å². The van der Waals surface area contributed by atoms with Gasteiger partial charge in [-0.2, -0.15) is 0 Å². The van der Waals surface area contributed by atoms with E-state index in [1.54, 1.807) is 24.4 Å². The van der Waals surface area contributed by atoms with Crippen LogP contribution in [0, 0.1) is 6.92 Å². The molecule has 2 heterocycles. The van der Waals surface area contributed by atoms with Gasteiger partial charge in [0, 0.05) is 30.8 Å². The summed E-state index contributed by atoms with van der Waals surface area (Å²) in [7, 11) is -3.63. The van der Waals surface area contributed by atoms with Crippen molar-refractivity contribution < 1.29 is 22.6 Å². The molecule has 1 aromatic heterocycles. The molecule has 0 amide bonds. The maximum Gasteiger partial charge on any atom is 0.240 e. The van der Waals surface area contributed by atoms with Crippen LogP contribution in [0.25, 0.3) is 0 Å². The van der Waals surface area contributed by atoms with Crippen LogP contribution in [0.2, 0.25) is 0 Å². The Morgan fingerprint density at radius 1 is 1.03 bits per heavy atom. The normalized spacial score (nSPS) is 22.0. The van der Waals surface area contributed by atoms with Crippen LogP contribution in [0.1, 0.15) is 37.7 Å². The Labute approximate surface area is 171 Å². The van der Waals surface area contributed by atoms with Gasteiger partial charge in [0.15, 0.2) is 11.5 Å². The van der Waals surface area contributed by atoms with Crippen LogP contribution in [-0.2, 0) is 10.0 Å². The van der Waals surface area contributed by atoms with Gasteiger partial charge < -0.3 is 14.2 Å². The number of pyridine rings is 1. The molecule has 29 heavy (non-hydrogen) atoms. The summed E-state index contributed by atoms with van der Waals surface area (Å²) in [6, 6.07) is 8.50. The third kappa shape index (κ3) is 5.00. The summed E-state index contributed by atoms with van der Waals surface area (Å²) in [6.45, 7) is 3.07. The highest BCUT2D eigenvalue weighted by atomic mass is 32.2. The molecule has 0 atom stereocenters. The van der Waals surface area contributed by atoms with Crippen LogP contribution in [-0.4, -0.2) is 38.8 Å². The Morgan fingerprint density at radius 3 is 2.52 bits per heavy atom. The van der Waals surface area contributed by atoms with Crippen LogP contribution in [0.3, 0.4) is 0 Å². The van der Waals surface area contributed by atoms with E-state index in [4.69, 9.17) is 14.2 Å². The Morgan fingerprint density at radius 2 is 1.79 bits per heavy atom. The lowest BCUT2D eigenvalue weighted by molar-refractivity contribution is 0.138. The number of benzene rings is 1. The highest BCUT2D eigenvalue weighted by molar-refractivity contribution is 7.89. The summed E-state index contributed by atoms with van der Waals surface area (Å²) in [6.07, 6.45) is 5.63. The van der Waals surface area contributed by atoms with Gasteiger partial charge in [-0.3, -0.25) is 0 Å². The molecule has 0 spiro atoms. The lowest BCUT2D eigenvalue weighted by atomic mass is 9.94. The molecule has 0 bridgehead atoms. The number of aromatic nitrogens is 1. The Bertz CT molecular complexity index is 938. The van der Waals surface area contributed by atoms with Crippen LogP contribution >= 0.6 is 0 Å². The van der Waals surface area contributed by atoms with E-state index in [0.29, 0.717) is 30.6 Å².